The van der Waals surface area contributed by atoms with E-state index in [9.17, 15) is 9.59 Å². The lowest BCUT2D eigenvalue weighted by Crippen LogP contribution is -2.38. The molecule has 3 heterocycles. The Morgan fingerprint density at radius 3 is 2.69 bits per heavy atom. The molecule has 29 heavy (non-hydrogen) atoms. The molecule has 2 aromatic heterocycles. The van der Waals surface area contributed by atoms with Crippen molar-refractivity contribution >= 4 is 34.8 Å². The van der Waals surface area contributed by atoms with Gasteiger partial charge in [0.05, 0.1) is 34.7 Å². The number of carbonyl (C=O) groups is 2. The van der Waals surface area contributed by atoms with Gasteiger partial charge in [0, 0.05) is 17.8 Å². The number of carboxylic acid groups (broad SMARTS) is 1. The number of hydrogen-bond donors (Lipinski definition) is 1. The molecule has 0 bridgehead atoms. The van der Waals surface area contributed by atoms with E-state index in [0.717, 1.165) is 46.4 Å². The number of aryl methyl sites for hydroxylation is 1. The van der Waals surface area contributed by atoms with Crippen LogP contribution in [0.3, 0.4) is 0 Å². The van der Waals surface area contributed by atoms with E-state index in [1.807, 2.05) is 28.6 Å². The minimum Gasteiger partial charge on any atom is -0.481 e. The van der Waals surface area contributed by atoms with Crippen molar-refractivity contribution in [2.75, 3.05) is 6.54 Å². The van der Waals surface area contributed by atoms with E-state index < -0.39 is 5.97 Å². The summed E-state index contributed by atoms with van der Waals surface area (Å²) < 4.78 is 2.79. The van der Waals surface area contributed by atoms with E-state index in [0.29, 0.717) is 38.3 Å². The van der Waals surface area contributed by atoms with Gasteiger partial charge < -0.3 is 10.0 Å². The van der Waals surface area contributed by atoms with Crippen molar-refractivity contribution in [2.45, 2.75) is 58.5 Å². The SMILES string of the molecule is Cc1nn(Cc2ccc(Cl)s2)c2c1CCN(C(=O)C[C@H]1CC[C@@H](C(=O)O)CC1)C2. The number of halogens is 1. The van der Waals surface area contributed by atoms with Gasteiger partial charge in [-0.1, -0.05) is 11.6 Å². The number of amides is 1. The zero-order chi connectivity index (χ0) is 20.5. The van der Waals surface area contributed by atoms with Crippen molar-refractivity contribution < 1.29 is 14.7 Å². The first kappa shape index (κ1) is 20.4. The second kappa shape index (κ2) is 8.48. The fourth-order valence-electron chi connectivity index (χ4n) is 4.59. The summed E-state index contributed by atoms with van der Waals surface area (Å²) >= 11 is 7.62. The van der Waals surface area contributed by atoms with Crippen LogP contribution < -0.4 is 0 Å². The Morgan fingerprint density at radius 1 is 1.28 bits per heavy atom. The normalized spacial score (nSPS) is 21.8. The molecule has 6 nitrogen and oxygen atoms in total. The van der Waals surface area contributed by atoms with Gasteiger partial charge >= 0.3 is 5.97 Å². The third-order valence-corrected chi connectivity index (χ3v) is 7.50. The summed E-state index contributed by atoms with van der Waals surface area (Å²) in [6, 6.07) is 3.93. The molecule has 1 saturated carbocycles. The Hall–Kier alpha value is -1.86. The van der Waals surface area contributed by atoms with Crippen LogP contribution in [0.2, 0.25) is 4.34 Å². The van der Waals surface area contributed by atoms with Gasteiger partial charge in [-0.3, -0.25) is 14.3 Å². The molecule has 2 aromatic rings. The van der Waals surface area contributed by atoms with Gasteiger partial charge in [-0.15, -0.1) is 11.3 Å². The van der Waals surface area contributed by atoms with E-state index in [4.69, 9.17) is 21.8 Å². The van der Waals surface area contributed by atoms with E-state index in [1.54, 1.807) is 11.3 Å². The fraction of sp³-hybridized carbons (Fsp3) is 0.571. The van der Waals surface area contributed by atoms with Gasteiger partial charge in [-0.05, 0) is 62.6 Å². The van der Waals surface area contributed by atoms with Crippen molar-refractivity contribution in [3.05, 3.63) is 38.3 Å². The average molecular weight is 436 g/mol. The predicted octanol–water partition coefficient (Wildman–Crippen LogP) is 4.12. The summed E-state index contributed by atoms with van der Waals surface area (Å²) in [5.41, 5.74) is 3.43. The lowest BCUT2D eigenvalue weighted by atomic mass is 9.80. The van der Waals surface area contributed by atoms with Crippen molar-refractivity contribution in [2.24, 2.45) is 11.8 Å². The Balaban J connectivity index is 1.40. The summed E-state index contributed by atoms with van der Waals surface area (Å²) in [4.78, 5) is 27.2. The molecule has 1 amide bonds. The molecule has 1 aliphatic carbocycles. The molecule has 0 aromatic carbocycles. The second-order valence-electron chi connectivity index (χ2n) is 8.20. The molecule has 8 heteroatoms. The van der Waals surface area contributed by atoms with E-state index in [-0.39, 0.29) is 11.8 Å². The van der Waals surface area contributed by atoms with Gasteiger partial charge in [0.15, 0.2) is 0 Å². The number of rotatable bonds is 5. The molecule has 0 atom stereocenters. The van der Waals surface area contributed by atoms with Crippen LogP contribution in [0.25, 0.3) is 0 Å². The molecule has 2 aliphatic rings. The highest BCUT2D eigenvalue weighted by Gasteiger charge is 2.30. The maximum Gasteiger partial charge on any atom is 0.306 e. The fourth-order valence-corrected chi connectivity index (χ4v) is 5.66. The quantitative estimate of drug-likeness (QED) is 0.766. The topological polar surface area (TPSA) is 75.4 Å². The molecule has 0 unspecified atom stereocenters. The van der Waals surface area contributed by atoms with Crippen molar-refractivity contribution in [3.8, 4) is 0 Å². The Kier molecular flexibility index (Phi) is 5.97. The first-order valence-corrected chi connectivity index (χ1v) is 11.4. The molecule has 4 rings (SSSR count). The zero-order valence-corrected chi connectivity index (χ0v) is 18.1. The highest BCUT2D eigenvalue weighted by molar-refractivity contribution is 7.16. The molecule has 1 fully saturated rings. The first-order chi connectivity index (χ1) is 13.9. The van der Waals surface area contributed by atoms with Gasteiger partial charge in [0.1, 0.15) is 0 Å². The number of hydrogen-bond acceptors (Lipinski definition) is 4. The minimum absolute atomic E-state index is 0.180. The monoisotopic (exact) mass is 435 g/mol. The van der Waals surface area contributed by atoms with Gasteiger partial charge in [0.2, 0.25) is 5.91 Å². The molecule has 156 valence electrons. The van der Waals surface area contributed by atoms with E-state index >= 15 is 0 Å². The number of nitrogens with zero attached hydrogens (tertiary/aromatic N) is 3. The summed E-state index contributed by atoms with van der Waals surface area (Å²) in [6.07, 6.45) is 4.40. The number of carbonyl (C=O) groups excluding carboxylic acids is 1. The summed E-state index contributed by atoms with van der Waals surface area (Å²) in [7, 11) is 0. The minimum atomic E-state index is -0.700. The second-order valence-corrected chi connectivity index (χ2v) is 10.00. The molecule has 0 saturated heterocycles. The van der Waals surface area contributed by atoms with Crippen LogP contribution in [0.15, 0.2) is 12.1 Å². The Bertz CT molecular complexity index is 914. The van der Waals surface area contributed by atoms with Crippen LogP contribution in [0.4, 0.5) is 0 Å². The number of carboxylic acids is 1. The van der Waals surface area contributed by atoms with Crippen molar-refractivity contribution in [1.82, 2.24) is 14.7 Å². The largest absolute Gasteiger partial charge is 0.481 e. The van der Waals surface area contributed by atoms with Gasteiger partial charge in [0.25, 0.3) is 0 Å². The van der Waals surface area contributed by atoms with Crippen LogP contribution in [0.1, 0.15) is 53.9 Å². The number of thiophene rings is 1. The maximum atomic E-state index is 12.9. The van der Waals surface area contributed by atoms with Gasteiger partial charge in [-0.25, -0.2) is 0 Å². The van der Waals surface area contributed by atoms with Crippen LogP contribution >= 0.6 is 22.9 Å². The maximum absolute atomic E-state index is 12.9. The van der Waals surface area contributed by atoms with Crippen molar-refractivity contribution in [1.29, 1.82) is 0 Å². The lowest BCUT2D eigenvalue weighted by Gasteiger charge is -2.31. The third-order valence-electron chi connectivity index (χ3n) is 6.29. The summed E-state index contributed by atoms with van der Waals surface area (Å²) in [6.45, 7) is 4.04. The van der Waals surface area contributed by atoms with Crippen LogP contribution in [-0.4, -0.2) is 38.2 Å². The lowest BCUT2D eigenvalue weighted by molar-refractivity contribution is -0.143. The van der Waals surface area contributed by atoms with Crippen LogP contribution in [-0.2, 0) is 29.1 Å². The highest BCUT2D eigenvalue weighted by Crippen LogP contribution is 2.32. The van der Waals surface area contributed by atoms with Crippen molar-refractivity contribution in [3.63, 3.8) is 0 Å². The van der Waals surface area contributed by atoms with Crippen LogP contribution in [0.5, 0.6) is 0 Å². The molecule has 1 aliphatic heterocycles. The smallest absolute Gasteiger partial charge is 0.306 e. The Labute approximate surface area is 179 Å². The highest BCUT2D eigenvalue weighted by atomic mass is 35.5. The molecule has 0 radical (unpaired) electrons. The number of fused-ring (bicyclic) bond motifs is 1. The predicted molar refractivity (Wildman–Crippen MR) is 112 cm³/mol. The van der Waals surface area contributed by atoms with Crippen LogP contribution in [0, 0.1) is 18.8 Å². The first-order valence-electron chi connectivity index (χ1n) is 10.2. The Morgan fingerprint density at radius 2 is 2.03 bits per heavy atom. The molecular formula is C21H26ClN3O3S. The molecule has 1 N–H and O–H groups in total. The van der Waals surface area contributed by atoms with Gasteiger partial charge in [-0.2, -0.15) is 5.10 Å². The summed E-state index contributed by atoms with van der Waals surface area (Å²) in [5, 5.41) is 13.9. The number of aromatic nitrogens is 2. The zero-order valence-electron chi connectivity index (χ0n) is 16.6. The van der Waals surface area contributed by atoms with E-state index in [2.05, 4.69) is 0 Å². The average Bonchev–Trinajstić information content (AvgIpc) is 3.25. The number of aliphatic carboxylic acids is 1. The molecular weight excluding hydrogens is 410 g/mol. The standard InChI is InChI=1S/C21H26ClN3O3S/c1-13-17-8-9-24(20(26)10-14-2-4-15(5-3-14)21(27)28)12-18(17)25(23-13)11-16-6-7-19(22)29-16/h6-7,14-15H,2-5,8-12H2,1H3,(H,27,28)/t14-,15+. The summed E-state index contributed by atoms with van der Waals surface area (Å²) in [5.74, 6) is -0.450. The molecule has 0 spiro atoms. The van der Waals surface area contributed by atoms with E-state index in [1.165, 1.54) is 5.56 Å². The third kappa shape index (κ3) is 4.51.